The van der Waals surface area contributed by atoms with Gasteiger partial charge in [0.2, 0.25) is 0 Å². The predicted molar refractivity (Wildman–Crippen MR) is 71.8 cm³/mol. The Morgan fingerprint density at radius 1 is 1.50 bits per heavy atom. The lowest BCUT2D eigenvalue weighted by Crippen LogP contribution is -2.29. The van der Waals surface area contributed by atoms with Crippen molar-refractivity contribution in [2.24, 2.45) is 5.41 Å². The quantitative estimate of drug-likeness (QED) is 0.792. The second-order valence-corrected chi connectivity index (χ2v) is 5.77. The first-order valence-electron chi connectivity index (χ1n) is 5.71. The van der Waals surface area contributed by atoms with E-state index in [1.807, 2.05) is 0 Å². The molecule has 0 spiro atoms. The van der Waals surface area contributed by atoms with E-state index in [0.29, 0.717) is 25.1 Å². The normalized spacial score (nSPS) is 11.6. The monoisotopic (exact) mass is 317 g/mol. The van der Waals surface area contributed by atoms with E-state index in [1.54, 1.807) is 26.0 Å². The number of carboxylic acids is 1. The lowest BCUT2D eigenvalue weighted by atomic mass is 9.90. The standard InChI is InChI=1S/C13H17BrFNO2/c1-13(2,12(17)18)5-6-16-8-9-7-10(14)3-4-11(9)15/h3-4,7,16H,5-6,8H2,1-2H3,(H,17,18). The summed E-state index contributed by atoms with van der Waals surface area (Å²) in [5, 5.41) is 12.0. The Bertz CT molecular complexity index is 435. The van der Waals surface area contributed by atoms with Gasteiger partial charge in [-0.05, 0) is 45.0 Å². The van der Waals surface area contributed by atoms with E-state index >= 15 is 0 Å². The van der Waals surface area contributed by atoms with Crippen molar-refractivity contribution in [3.63, 3.8) is 0 Å². The van der Waals surface area contributed by atoms with Gasteiger partial charge in [0.1, 0.15) is 5.82 Å². The second kappa shape index (κ2) is 6.29. The first-order valence-corrected chi connectivity index (χ1v) is 6.50. The van der Waals surface area contributed by atoms with Crippen LogP contribution in [0.15, 0.2) is 22.7 Å². The molecule has 0 aliphatic carbocycles. The molecule has 1 aromatic rings. The summed E-state index contributed by atoms with van der Waals surface area (Å²) in [6.45, 7) is 4.28. The minimum Gasteiger partial charge on any atom is -0.481 e. The van der Waals surface area contributed by atoms with E-state index < -0.39 is 11.4 Å². The van der Waals surface area contributed by atoms with Crippen molar-refractivity contribution in [2.75, 3.05) is 6.54 Å². The Labute approximate surface area is 115 Å². The van der Waals surface area contributed by atoms with Gasteiger partial charge in [0.25, 0.3) is 0 Å². The molecule has 5 heteroatoms. The van der Waals surface area contributed by atoms with E-state index in [9.17, 15) is 9.18 Å². The molecule has 0 saturated heterocycles. The summed E-state index contributed by atoms with van der Waals surface area (Å²) >= 11 is 3.28. The average molecular weight is 318 g/mol. The largest absolute Gasteiger partial charge is 0.481 e. The highest BCUT2D eigenvalue weighted by atomic mass is 79.9. The first-order chi connectivity index (χ1) is 8.33. The van der Waals surface area contributed by atoms with Crippen LogP contribution in [0.4, 0.5) is 4.39 Å². The average Bonchev–Trinajstić information content (AvgIpc) is 2.28. The van der Waals surface area contributed by atoms with Crippen LogP contribution in [-0.4, -0.2) is 17.6 Å². The van der Waals surface area contributed by atoms with Crippen LogP contribution >= 0.6 is 15.9 Å². The van der Waals surface area contributed by atoms with Gasteiger partial charge in [0.05, 0.1) is 5.41 Å². The molecule has 0 atom stereocenters. The van der Waals surface area contributed by atoms with Crippen molar-refractivity contribution in [3.8, 4) is 0 Å². The van der Waals surface area contributed by atoms with Crippen LogP contribution in [-0.2, 0) is 11.3 Å². The third kappa shape index (κ3) is 4.38. The van der Waals surface area contributed by atoms with Crippen LogP contribution in [0, 0.1) is 11.2 Å². The van der Waals surface area contributed by atoms with Crippen molar-refractivity contribution < 1.29 is 14.3 Å². The number of halogens is 2. The molecule has 0 saturated carbocycles. The van der Waals surface area contributed by atoms with E-state index in [0.717, 1.165) is 4.47 Å². The van der Waals surface area contributed by atoms with Crippen molar-refractivity contribution in [3.05, 3.63) is 34.1 Å². The van der Waals surface area contributed by atoms with Gasteiger partial charge in [-0.3, -0.25) is 4.79 Å². The highest BCUT2D eigenvalue weighted by molar-refractivity contribution is 9.10. The topological polar surface area (TPSA) is 49.3 Å². The highest BCUT2D eigenvalue weighted by Gasteiger charge is 2.26. The van der Waals surface area contributed by atoms with Gasteiger partial charge >= 0.3 is 5.97 Å². The molecule has 0 bridgehead atoms. The van der Waals surface area contributed by atoms with Gasteiger partial charge < -0.3 is 10.4 Å². The molecule has 1 rings (SSSR count). The molecule has 0 fully saturated rings. The van der Waals surface area contributed by atoms with E-state index in [-0.39, 0.29) is 5.82 Å². The fourth-order valence-corrected chi connectivity index (χ4v) is 1.82. The van der Waals surface area contributed by atoms with Crippen LogP contribution in [0.1, 0.15) is 25.8 Å². The zero-order valence-electron chi connectivity index (χ0n) is 10.5. The number of carbonyl (C=O) groups is 1. The Morgan fingerprint density at radius 3 is 2.78 bits per heavy atom. The number of nitrogens with one attached hydrogen (secondary N) is 1. The summed E-state index contributed by atoms with van der Waals surface area (Å²) in [6, 6.07) is 4.76. The number of aliphatic carboxylic acids is 1. The molecular weight excluding hydrogens is 301 g/mol. The number of hydrogen-bond donors (Lipinski definition) is 2. The third-order valence-electron chi connectivity index (χ3n) is 2.83. The molecule has 3 nitrogen and oxygen atoms in total. The zero-order valence-corrected chi connectivity index (χ0v) is 12.1. The van der Waals surface area contributed by atoms with Gasteiger partial charge in [-0.25, -0.2) is 4.39 Å². The molecule has 100 valence electrons. The van der Waals surface area contributed by atoms with Gasteiger partial charge in [0, 0.05) is 16.6 Å². The van der Waals surface area contributed by atoms with Crippen LogP contribution in [0.3, 0.4) is 0 Å². The van der Waals surface area contributed by atoms with Gasteiger partial charge in [-0.1, -0.05) is 15.9 Å². The number of benzene rings is 1. The van der Waals surface area contributed by atoms with Crippen LogP contribution in [0.2, 0.25) is 0 Å². The molecule has 0 radical (unpaired) electrons. The fraction of sp³-hybridized carbons (Fsp3) is 0.462. The minimum atomic E-state index is -0.821. The number of hydrogen-bond acceptors (Lipinski definition) is 2. The summed E-state index contributed by atoms with van der Waals surface area (Å²) in [7, 11) is 0. The molecule has 2 N–H and O–H groups in total. The maximum atomic E-state index is 13.4. The zero-order chi connectivity index (χ0) is 13.8. The summed E-state index contributed by atoms with van der Waals surface area (Å²) in [5.74, 6) is -1.08. The van der Waals surface area contributed by atoms with Crippen molar-refractivity contribution in [2.45, 2.75) is 26.8 Å². The lowest BCUT2D eigenvalue weighted by molar-refractivity contribution is -0.147. The molecule has 0 aromatic heterocycles. The molecule has 0 aliphatic rings. The Balaban J connectivity index is 2.43. The summed E-state index contributed by atoms with van der Waals surface area (Å²) in [5.41, 5.74) is -0.194. The smallest absolute Gasteiger partial charge is 0.309 e. The minimum absolute atomic E-state index is 0.261. The van der Waals surface area contributed by atoms with E-state index in [1.165, 1.54) is 6.07 Å². The molecular formula is C13H17BrFNO2. The van der Waals surface area contributed by atoms with Crippen LogP contribution in [0.25, 0.3) is 0 Å². The fourth-order valence-electron chi connectivity index (χ4n) is 1.41. The van der Waals surface area contributed by atoms with Gasteiger partial charge in [-0.15, -0.1) is 0 Å². The van der Waals surface area contributed by atoms with Crippen LogP contribution in [0.5, 0.6) is 0 Å². The first kappa shape index (κ1) is 15.1. The molecule has 0 unspecified atom stereocenters. The van der Waals surface area contributed by atoms with Gasteiger partial charge in [0.15, 0.2) is 0 Å². The SMILES string of the molecule is CC(C)(CCNCc1cc(Br)ccc1F)C(=O)O. The highest BCUT2D eigenvalue weighted by Crippen LogP contribution is 2.20. The van der Waals surface area contributed by atoms with Crippen molar-refractivity contribution >= 4 is 21.9 Å². The summed E-state index contributed by atoms with van der Waals surface area (Å²) in [6.07, 6.45) is 0.498. The molecule has 18 heavy (non-hydrogen) atoms. The number of rotatable bonds is 6. The Hall–Kier alpha value is -0.940. The Kier molecular flexibility index (Phi) is 5.28. The second-order valence-electron chi connectivity index (χ2n) is 4.85. The van der Waals surface area contributed by atoms with Crippen molar-refractivity contribution in [1.82, 2.24) is 5.32 Å². The molecule has 1 aromatic carbocycles. The maximum Gasteiger partial charge on any atom is 0.309 e. The van der Waals surface area contributed by atoms with E-state index in [2.05, 4.69) is 21.2 Å². The van der Waals surface area contributed by atoms with Gasteiger partial charge in [-0.2, -0.15) is 0 Å². The van der Waals surface area contributed by atoms with E-state index in [4.69, 9.17) is 5.11 Å². The molecule has 0 heterocycles. The van der Waals surface area contributed by atoms with Crippen molar-refractivity contribution in [1.29, 1.82) is 0 Å². The summed E-state index contributed by atoms with van der Waals surface area (Å²) in [4.78, 5) is 10.9. The lowest BCUT2D eigenvalue weighted by Gasteiger charge is -2.19. The third-order valence-corrected chi connectivity index (χ3v) is 3.32. The molecule has 0 amide bonds. The molecule has 0 aliphatic heterocycles. The Morgan fingerprint density at radius 2 is 2.17 bits per heavy atom. The maximum absolute atomic E-state index is 13.4. The number of carboxylic acid groups (broad SMARTS) is 1. The van der Waals surface area contributed by atoms with Crippen LogP contribution < -0.4 is 5.32 Å². The predicted octanol–water partition coefficient (Wildman–Crippen LogP) is 3.18. The summed E-state index contributed by atoms with van der Waals surface area (Å²) < 4.78 is 14.2.